The minimum atomic E-state index is 0.142. The van der Waals surface area contributed by atoms with Crippen molar-refractivity contribution in [3.63, 3.8) is 0 Å². The molecule has 1 aromatic carbocycles. The molecule has 0 unspecified atom stereocenters. The van der Waals surface area contributed by atoms with E-state index in [2.05, 4.69) is 26.1 Å². The minimum absolute atomic E-state index is 0.142. The predicted molar refractivity (Wildman–Crippen MR) is 68.0 cm³/mol. The Balaban J connectivity index is 2.23. The Morgan fingerprint density at radius 3 is 3.00 bits per heavy atom. The van der Waals surface area contributed by atoms with Gasteiger partial charge in [0.05, 0.1) is 18.1 Å². The van der Waals surface area contributed by atoms with Gasteiger partial charge in [-0.1, -0.05) is 5.16 Å². The number of halogens is 1. The Morgan fingerprint density at radius 1 is 1.47 bits per heavy atom. The van der Waals surface area contributed by atoms with Crippen molar-refractivity contribution in [2.75, 3.05) is 13.9 Å². The summed E-state index contributed by atoms with van der Waals surface area (Å²) >= 11 is 3.41. The van der Waals surface area contributed by atoms with E-state index in [1.807, 2.05) is 0 Å². The van der Waals surface area contributed by atoms with Crippen molar-refractivity contribution >= 4 is 15.9 Å². The molecule has 0 spiro atoms. The molecule has 0 bridgehead atoms. The minimum Gasteiger partial charge on any atom is -0.495 e. The van der Waals surface area contributed by atoms with E-state index >= 15 is 0 Å². The van der Waals surface area contributed by atoms with Crippen LogP contribution in [0, 0.1) is 0 Å². The van der Waals surface area contributed by atoms with Crippen LogP contribution in [0.4, 0.5) is 0 Å². The second-order valence-corrected chi connectivity index (χ2v) is 4.57. The summed E-state index contributed by atoms with van der Waals surface area (Å²) in [5.74, 6) is 2.37. The van der Waals surface area contributed by atoms with E-state index in [0.29, 0.717) is 39.0 Å². The van der Waals surface area contributed by atoms with E-state index < -0.39 is 0 Å². The molecule has 100 valence electrons. The van der Waals surface area contributed by atoms with Crippen LogP contribution in [0.25, 0.3) is 11.4 Å². The third kappa shape index (κ3) is 1.92. The quantitative estimate of drug-likeness (QED) is 0.916. The molecule has 0 fully saturated rings. The van der Waals surface area contributed by atoms with Crippen LogP contribution in [0.3, 0.4) is 0 Å². The maximum Gasteiger partial charge on any atom is 0.240 e. The number of hydrogen-bond donors (Lipinski definition) is 1. The van der Waals surface area contributed by atoms with Crippen LogP contribution in [-0.2, 0) is 6.54 Å². The van der Waals surface area contributed by atoms with Crippen molar-refractivity contribution in [2.24, 2.45) is 5.73 Å². The average molecular weight is 328 g/mol. The third-order valence-corrected chi connectivity index (χ3v) is 3.23. The summed E-state index contributed by atoms with van der Waals surface area (Å²) < 4.78 is 21.9. The molecule has 2 aromatic rings. The van der Waals surface area contributed by atoms with Gasteiger partial charge in [0, 0.05) is 6.07 Å². The van der Waals surface area contributed by atoms with Gasteiger partial charge in [0.15, 0.2) is 11.5 Å². The molecule has 2 heterocycles. The Bertz CT molecular complexity index is 625. The summed E-state index contributed by atoms with van der Waals surface area (Å²) in [5, 5.41) is 3.88. The molecule has 19 heavy (non-hydrogen) atoms. The molecular formula is C11H10BrN3O4. The fraction of sp³-hybridized carbons (Fsp3) is 0.273. The second kappa shape index (κ2) is 4.71. The molecule has 0 saturated heterocycles. The predicted octanol–water partition coefficient (Wildman–Crippen LogP) is 1.70. The van der Waals surface area contributed by atoms with Crippen LogP contribution in [0.1, 0.15) is 5.89 Å². The van der Waals surface area contributed by atoms with E-state index in [4.69, 9.17) is 24.5 Å². The lowest BCUT2D eigenvalue weighted by atomic mass is 10.1. The topological polar surface area (TPSA) is 92.6 Å². The van der Waals surface area contributed by atoms with Crippen LogP contribution in [0.2, 0.25) is 0 Å². The van der Waals surface area contributed by atoms with Gasteiger partial charge in [0.25, 0.3) is 0 Å². The molecule has 0 radical (unpaired) electrons. The van der Waals surface area contributed by atoms with Crippen LogP contribution in [0.15, 0.2) is 15.1 Å². The molecule has 3 rings (SSSR count). The maximum absolute atomic E-state index is 5.46. The lowest BCUT2D eigenvalue weighted by Gasteiger charge is -2.10. The maximum atomic E-state index is 5.46. The van der Waals surface area contributed by atoms with Gasteiger partial charge in [-0.15, -0.1) is 0 Å². The van der Waals surface area contributed by atoms with Gasteiger partial charge >= 0.3 is 0 Å². The smallest absolute Gasteiger partial charge is 0.240 e. The number of nitrogens with two attached hydrogens (primary N) is 1. The standard InChI is InChI=1S/C11H10BrN3O4/c1-16-9-5(12)2-6-10(18-4-17-6)8(9)11-14-7(3-13)19-15-11/h2H,3-4,13H2,1H3. The van der Waals surface area contributed by atoms with Crippen molar-refractivity contribution in [3.8, 4) is 28.6 Å². The number of methoxy groups -OCH3 is 1. The molecule has 0 saturated carbocycles. The number of hydrogen-bond acceptors (Lipinski definition) is 7. The zero-order chi connectivity index (χ0) is 13.4. The Kier molecular flexibility index (Phi) is 3.03. The zero-order valence-electron chi connectivity index (χ0n) is 9.97. The first kappa shape index (κ1) is 12.2. The summed E-state index contributed by atoms with van der Waals surface area (Å²) in [6.45, 7) is 0.312. The fourth-order valence-electron chi connectivity index (χ4n) is 1.84. The molecule has 0 atom stereocenters. The van der Waals surface area contributed by atoms with Gasteiger partial charge in [0.1, 0.15) is 11.3 Å². The van der Waals surface area contributed by atoms with E-state index in [-0.39, 0.29) is 13.3 Å². The molecular weight excluding hydrogens is 318 g/mol. The van der Waals surface area contributed by atoms with Crippen LogP contribution < -0.4 is 19.9 Å². The van der Waals surface area contributed by atoms with Gasteiger partial charge in [-0.05, 0) is 15.9 Å². The Labute approximate surface area is 116 Å². The highest BCUT2D eigenvalue weighted by atomic mass is 79.9. The number of nitrogens with zero attached hydrogens (tertiary/aromatic N) is 2. The summed E-state index contributed by atoms with van der Waals surface area (Å²) in [6.07, 6.45) is 0. The van der Waals surface area contributed by atoms with Gasteiger partial charge in [-0.2, -0.15) is 4.98 Å². The fourth-order valence-corrected chi connectivity index (χ4v) is 2.40. The molecule has 7 nitrogen and oxygen atoms in total. The zero-order valence-corrected chi connectivity index (χ0v) is 11.6. The lowest BCUT2D eigenvalue weighted by molar-refractivity contribution is 0.174. The van der Waals surface area contributed by atoms with E-state index in [9.17, 15) is 0 Å². The molecule has 8 heteroatoms. The van der Waals surface area contributed by atoms with Gasteiger partial charge in [-0.3, -0.25) is 0 Å². The SMILES string of the molecule is COc1c(Br)cc2c(c1-c1noc(CN)n1)OCO2. The van der Waals surface area contributed by atoms with Crippen molar-refractivity contribution in [1.29, 1.82) is 0 Å². The first-order chi connectivity index (χ1) is 9.24. The molecule has 2 N–H and O–H groups in total. The summed E-state index contributed by atoms with van der Waals surface area (Å²) in [7, 11) is 1.55. The van der Waals surface area contributed by atoms with Crippen molar-refractivity contribution in [1.82, 2.24) is 10.1 Å². The van der Waals surface area contributed by atoms with E-state index in [1.165, 1.54) is 0 Å². The Hall–Kier alpha value is -1.80. The molecule has 1 aliphatic heterocycles. The van der Waals surface area contributed by atoms with Crippen LogP contribution >= 0.6 is 15.9 Å². The van der Waals surface area contributed by atoms with Crippen molar-refractivity contribution < 1.29 is 18.7 Å². The van der Waals surface area contributed by atoms with Crippen molar-refractivity contribution in [2.45, 2.75) is 6.54 Å². The van der Waals surface area contributed by atoms with E-state index in [1.54, 1.807) is 13.2 Å². The van der Waals surface area contributed by atoms with Gasteiger partial charge in [-0.25, -0.2) is 0 Å². The van der Waals surface area contributed by atoms with Crippen molar-refractivity contribution in [3.05, 3.63) is 16.4 Å². The molecule has 0 aliphatic carbocycles. The highest BCUT2D eigenvalue weighted by molar-refractivity contribution is 9.10. The van der Waals surface area contributed by atoms with Gasteiger partial charge in [0.2, 0.25) is 18.5 Å². The second-order valence-electron chi connectivity index (χ2n) is 3.72. The monoisotopic (exact) mass is 327 g/mol. The van der Waals surface area contributed by atoms with Crippen LogP contribution in [0.5, 0.6) is 17.2 Å². The summed E-state index contributed by atoms with van der Waals surface area (Å²) in [4.78, 5) is 4.19. The third-order valence-electron chi connectivity index (χ3n) is 2.64. The summed E-state index contributed by atoms with van der Waals surface area (Å²) in [6, 6.07) is 1.77. The van der Waals surface area contributed by atoms with Gasteiger partial charge < -0.3 is 24.5 Å². The highest BCUT2D eigenvalue weighted by Crippen LogP contribution is 2.49. The lowest BCUT2D eigenvalue weighted by Crippen LogP contribution is -1.97. The first-order valence-electron chi connectivity index (χ1n) is 5.43. The average Bonchev–Trinajstić information content (AvgIpc) is 3.05. The molecule has 1 aromatic heterocycles. The number of ether oxygens (including phenoxy) is 3. The highest BCUT2D eigenvalue weighted by Gasteiger charge is 2.28. The summed E-state index contributed by atoms with van der Waals surface area (Å²) in [5.41, 5.74) is 6.04. The normalized spacial score (nSPS) is 12.8. The largest absolute Gasteiger partial charge is 0.495 e. The number of rotatable bonds is 3. The number of aromatic nitrogens is 2. The number of fused-ring (bicyclic) bond motifs is 1. The van der Waals surface area contributed by atoms with Crippen LogP contribution in [-0.4, -0.2) is 24.0 Å². The molecule has 1 aliphatic rings. The number of benzene rings is 1. The molecule has 0 amide bonds. The Morgan fingerprint density at radius 2 is 2.32 bits per heavy atom. The van der Waals surface area contributed by atoms with E-state index in [0.717, 1.165) is 0 Å². The first-order valence-corrected chi connectivity index (χ1v) is 6.23.